The van der Waals surface area contributed by atoms with E-state index in [1.54, 1.807) is 0 Å². The minimum absolute atomic E-state index is 0.369. The molecule has 0 aromatic heterocycles. The maximum absolute atomic E-state index is 5.15. The summed E-state index contributed by atoms with van der Waals surface area (Å²) in [5, 5.41) is 0. The molecule has 1 rings (SSSR count). The zero-order valence-electron chi connectivity index (χ0n) is 6.46. The number of rotatable bonds is 3. The molecule has 0 radical (unpaired) electrons. The molecule has 11 heavy (non-hydrogen) atoms. The largest absolute Gasteiger partial charge is 0.279 e. The molecule has 0 N–H and O–H groups in total. The van der Waals surface area contributed by atoms with Crippen molar-refractivity contribution in [3.05, 3.63) is 35.9 Å². The third-order valence-corrected chi connectivity index (χ3v) is 1.81. The zero-order chi connectivity index (χ0) is 8.10. The van der Waals surface area contributed by atoms with E-state index in [2.05, 4.69) is 23.3 Å². The molecule has 1 atom stereocenters. The van der Waals surface area contributed by atoms with Gasteiger partial charge in [-0.1, -0.05) is 37.3 Å². The van der Waals surface area contributed by atoms with Crippen molar-refractivity contribution in [3.8, 4) is 0 Å². The molecule has 60 valence electrons. The van der Waals surface area contributed by atoms with Crippen LogP contribution in [0.1, 0.15) is 18.4 Å². The Morgan fingerprint density at radius 3 is 2.55 bits per heavy atom. The van der Waals surface area contributed by atoms with Gasteiger partial charge in [0, 0.05) is 5.92 Å². The van der Waals surface area contributed by atoms with Crippen LogP contribution in [0.15, 0.2) is 30.3 Å². The van der Waals surface area contributed by atoms with Gasteiger partial charge in [-0.05, 0) is 5.56 Å². The van der Waals surface area contributed by atoms with Gasteiger partial charge in [-0.25, -0.2) is 0 Å². The lowest BCUT2D eigenvalue weighted by molar-refractivity contribution is 0.326. The van der Waals surface area contributed by atoms with Gasteiger partial charge < -0.3 is 0 Å². The van der Waals surface area contributed by atoms with Crippen molar-refractivity contribution in [2.24, 2.45) is 0 Å². The third-order valence-electron chi connectivity index (χ3n) is 1.68. The second-order valence-electron chi connectivity index (χ2n) is 2.59. The summed E-state index contributed by atoms with van der Waals surface area (Å²) in [6, 6.07) is 10.2. The number of halogens is 1. The van der Waals surface area contributed by atoms with Crippen LogP contribution in [0.25, 0.3) is 0 Å². The minimum atomic E-state index is 0.369. The number of benzene rings is 1. The highest BCUT2D eigenvalue weighted by molar-refractivity contribution is 6.07. The Morgan fingerprint density at radius 2 is 2.00 bits per heavy atom. The van der Waals surface area contributed by atoms with E-state index in [-0.39, 0.29) is 0 Å². The molecular weight excluding hydrogens is 160 g/mol. The monoisotopic (exact) mass is 170 g/mol. The van der Waals surface area contributed by atoms with E-state index < -0.39 is 0 Å². The van der Waals surface area contributed by atoms with Gasteiger partial charge in [0.25, 0.3) is 0 Å². The topological polar surface area (TPSA) is 9.23 Å². The quantitative estimate of drug-likeness (QED) is 0.678. The van der Waals surface area contributed by atoms with Gasteiger partial charge in [-0.15, -0.1) is 0 Å². The normalized spacial score (nSPS) is 12.9. The Kier molecular flexibility index (Phi) is 3.40. The molecule has 0 spiro atoms. The fraction of sp³-hybridized carbons (Fsp3) is 0.333. The van der Waals surface area contributed by atoms with Gasteiger partial charge in [-0.2, -0.15) is 0 Å². The second kappa shape index (κ2) is 4.37. The highest BCUT2D eigenvalue weighted by Gasteiger charge is 2.02. The summed E-state index contributed by atoms with van der Waals surface area (Å²) in [5.74, 6) is 0.369. The highest BCUT2D eigenvalue weighted by Crippen LogP contribution is 2.14. The van der Waals surface area contributed by atoms with Crippen molar-refractivity contribution in [3.63, 3.8) is 0 Å². The Hall–Kier alpha value is -0.530. The Labute approximate surface area is 72.1 Å². The van der Waals surface area contributed by atoms with Gasteiger partial charge in [0.15, 0.2) is 0 Å². The van der Waals surface area contributed by atoms with E-state index in [0.717, 1.165) is 0 Å². The maximum atomic E-state index is 5.15. The van der Waals surface area contributed by atoms with Gasteiger partial charge in [-0.3, -0.25) is 4.29 Å². The van der Waals surface area contributed by atoms with Crippen molar-refractivity contribution in [1.82, 2.24) is 0 Å². The van der Waals surface area contributed by atoms with E-state index in [0.29, 0.717) is 12.5 Å². The summed E-state index contributed by atoms with van der Waals surface area (Å²) in [7, 11) is 0. The van der Waals surface area contributed by atoms with E-state index in [1.165, 1.54) is 5.56 Å². The smallest absolute Gasteiger partial charge is 0.0748 e. The van der Waals surface area contributed by atoms with Crippen LogP contribution < -0.4 is 0 Å². The Balaban J connectivity index is 2.61. The molecular formula is C9H11ClO. The molecule has 0 heterocycles. The van der Waals surface area contributed by atoms with E-state index in [1.807, 2.05) is 18.2 Å². The standard InChI is InChI=1S/C9H11ClO/c1-8(7-11-10)9-5-3-2-4-6-9/h2-6,8H,7H2,1H3. The molecule has 1 unspecified atom stereocenters. The molecule has 0 aliphatic rings. The van der Waals surface area contributed by atoms with Crippen LogP contribution in [-0.2, 0) is 4.29 Å². The molecule has 2 heteroatoms. The summed E-state index contributed by atoms with van der Waals surface area (Å²) < 4.78 is 4.53. The maximum Gasteiger partial charge on any atom is 0.0748 e. The highest BCUT2D eigenvalue weighted by atomic mass is 35.5. The molecule has 0 bridgehead atoms. The number of hydrogen-bond donors (Lipinski definition) is 0. The van der Waals surface area contributed by atoms with Gasteiger partial charge >= 0.3 is 0 Å². The van der Waals surface area contributed by atoms with Crippen LogP contribution in [-0.4, -0.2) is 6.61 Å². The third kappa shape index (κ3) is 2.52. The van der Waals surface area contributed by atoms with Crippen LogP contribution in [0.2, 0.25) is 0 Å². The summed E-state index contributed by atoms with van der Waals surface area (Å²) in [6.07, 6.45) is 0. The lowest BCUT2D eigenvalue weighted by atomic mass is 10.0. The first-order valence-electron chi connectivity index (χ1n) is 3.63. The molecule has 0 fully saturated rings. The van der Waals surface area contributed by atoms with Crippen LogP contribution in [0.4, 0.5) is 0 Å². The summed E-state index contributed by atoms with van der Waals surface area (Å²) in [5.41, 5.74) is 1.26. The molecule has 1 aromatic rings. The van der Waals surface area contributed by atoms with E-state index in [9.17, 15) is 0 Å². The first-order valence-corrected chi connectivity index (χ1v) is 3.94. The average molecular weight is 171 g/mol. The molecule has 0 saturated carbocycles. The SMILES string of the molecule is CC(COCl)c1ccccc1. The van der Waals surface area contributed by atoms with Gasteiger partial charge in [0.2, 0.25) is 0 Å². The van der Waals surface area contributed by atoms with Crippen LogP contribution in [0.3, 0.4) is 0 Å². The molecule has 0 saturated heterocycles. The average Bonchev–Trinajstić information content (AvgIpc) is 2.07. The van der Waals surface area contributed by atoms with Gasteiger partial charge in [0.1, 0.15) is 0 Å². The van der Waals surface area contributed by atoms with E-state index in [4.69, 9.17) is 11.9 Å². The minimum Gasteiger partial charge on any atom is -0.279 e. The van der Waals surface area contributed by atoms with Crippen LogP contribution in [0, 0.1) is 0 Å². The lowest BCUT2D eigenvalue weighted by Crippen LogP contribution is -1.98. The molecule has 0 aliphatic heterocycles. The predicted octanol–water partition coefficient (Wildman–Crippen LogP) is 2.96. The second-order valence-corrected chi connectivity index (χ2v) is 2.81. The first kappa shape index (κ1) is 8.57. The summed E-state index contributed by atoms with van der Waals surface area (Å²) >= 11 is 5.15. The van der Waals surface area contributed by atoms with Crippen molar-refractivity contribution in [1.29, 1.82) is 0 Å². The zero-order valence-corrected chi connectivity index (χ0v) is 7.21. The first-order chi connectivity index (χ1) is 5.34. The molecule has 0 amide bonds. The van der Waals surface area contributed by atoms with Crippen molar-refractivity contribution < 1.29 is 4.29 Å². The fourth-order valence-electron chi connectivity index (χ4n) is 0.972. The molecule has 1 nitrogen and oxygen atoms in total. The predicted molar refractivity (Wildman–Crippen MR) is 46.7 cm³/mol. The van der Waals surface area contributed by atoms with Crippen molar-refractivity contribution in [2.75, 3.05) is 6.61 Å². The summed E-state index contributed by atoms with van der Waals surface area (Å²) in [4.78, 5) is 0. The number of hydrogen-bond acceptors (Lipinski definition) is 1. The van der Waals surface area contributed by atoms with Crippen LogP contribution >= 0.6 is 11.9 Å². The van der Waals surface area contributed by atoms with Gasteiger partial charge in [0.05, 0.1) is 18.5 Å². The summed E-state index contributed by atoms with van der Waals surface area (Å²) in [6.45, 7) is 2.64. The van der Waals surface area contributed by atoms with Crippen molar-refractivity contribution in [2.45, 2.75) is 12.8 Å². The van der Waals surface area contributed by atoms with Crippen molar-refractivity contribution >= 4 is 11.9 Å². The molecule has 1 aromatic carbocycles. The Bertz CT molecular complexity index is 198. The van der Waals surface area contributed by atoms with E-state index >= 15 is 0 Å². The Morgan fingerprint density at radius 1 is 1.36 bits per heavy atom. The van der Waals surface area contributed by atoms with Crippen LogP contribution in [0.5, 0.6) is 0 Å². The lowest BCUT2D eigenvalue weighted by Gasteiger charge is -2.07. The fourth-order valence-corrected chi connectivity index (χ4v) is 1.16. The molecule has 0 aliphatic carbocycles.